The number of methoxy groups -OCH3 is 2. The molecule has 26 heavy (non-hydrogen) atoms. The molecule has 6 heteroatoms. The Kier molecular flexibility index (Phi) is 6.17. The minimum atomic E-state index is 0.383. The predicted octanol–water partition coefficient (Wildman–Crippen LogP) is 4.87. The zero-order valence-corrected chi connectivity index (χ0v) is 16.0. The fourth-order valence-electron chi connectivity index (χ4n) is 2.59. The van der Waals surface area contributed by atoms with Crippen LogP contribution in [0.1, 0.15) is 18.9 Å². The number of aromatic nitrogens is 2. The molecular formula is C20H22N2O3S. The average Bonchev–Trinajstić information content (AvgIpc) is 3.15. The van der Waals surface area contributed by atoms with Crippen molar-refractivity contribution >= 4 is 11.8 Å². The van der Waals surface area contributed by atoms with Crippen molar-refractivity contribution in [2.45, 2.75) is 30.2 Å². The highest BCUT2D eigenvalue weighted by Crippen LogP contribution is 2.33. The first kappa shape index (κ1) is 18.3. The Morgan fingerprint density at radius 1 is 1.00 bits per heavy atom. The summed E-state index contributed by atoms with van der Waals surface area (Å²) < 4.78 is 16.4. The number of aryl methyl sites for hydroxylation is 1. The number of ether oxygens (including phenoxy) is 2. The van der Waals surface area contributed by atoms with Gasteiger partial charge in [-0.2, -0.15) is 0 Å². The summed E-state index contributed by atoms with van der Waals surface area (Å²) in [6.45, 7) is 2.17. The number of benzene rings is 2. The van der Waals surface area contributed by atoms with E-state index in [1.54, 1.807) is 26.0 Å². The van der Waals surface area contributed by atoms with E-state index in [1.807, 2.05) is 24.3 Å². The van der Waals surface area contributed by atoms with Gasteiger partial charge >= 0.3 is 0 Å². The molecule has 1 heterocycles. The largest absolute Gasteiger partial charge is 0.493 e. The Balaban J connectivity index is 1.62. The highest BCUT2D eigenvalue weighted by Gasteiger charge is 2.14. The maximum atomic E-state index is 5.81. The molecule has 2 aromatic carbocycles. The molecule has 136 valence electrons. The lowest BCUT2D eigenvalue weighted by Gasteiger charge is -2.08. The van der Waals surface area contributed by atoms with Gasteiger partial charge in [0.05, 0.1) is 14.2 Å². The van der Waals surface area contributed by atoms with E-state index in [9.17, 15) is 0 Å². The van der Waals surface area contributed by atoms with Crippen LogP contribution in [-0.2, 0) is 6.42 Å². The number of hydrogen-bond acceptors (Lipinski definition) is 6. The molecule has 5 nitrogen and oxygen atoms in total. The second-order valence-electron chi connectivity index (χ2n) is 5.90. The molecule has 0 aliphatic heterocycles. The standard InChI is InChI=1S/C20H22N2O3S/c1-14(9-10-15-7-5-4-6-8-15)26-20-22-21-19(25-20)16-11-12-17(23-2)18(13-16)24-3/h4-8,11-14H,9-10H2,1-3H3/t14-/m0/s1. The Morgan fingerprint density at radius 2 is 1.77 bits per heavy atom. The van der Waals surface area contributed by atoms with Crippen LogP contribution in [0.5, 0.6) is 11.5 Å². The molecule has 3 aromatic rings. The van der Waals surface area contributed by atoms with E-state index in [1.165, 1.54) is 5.56 Å². The molecule has 0 aliphatic carbocycles. The maximum absolute atomic E-state index is 5.81. The van der Waals surface area contributed by atoms with Crippen LogP contribution in [-0.4, -0.2) is 29.7 Å². The Morgan fingerprint density at radius 3 is 2.50 bits per heavy atom. The van der Waals surface area contributed by atoms with E-state index < -0.39 is 0 Å². The van der Waals surface area contributed by atoms with Gasteiger partial charge in [-0.25, -0.2) is 0 Å². The molecule has 0 saturated carbocycles. The van der Waals surface area contributed by atoms with Crippen molar-refractivity contribution in [1.29, 1.82) is 0 Å². The van der Waals surface area contributed by atoms with Crippen molar-refractivity contribution in [2.24, 2.45) is 0 Å². The SMILES string of the molecule is COc1ccc(-c2nnc(S[C@@H](C)CCc3ccccc3)o2)cc1OC. The van der Waals surface area contributed by atoms with E-state index in [2.05, 4.69) is 41.4 Å². The van der Waals surface area contributed by atoms with Gasteiger partial charge in [-0.05, 0) is 36.6 Å². The topological polar surface area (TPSA) is 57.4 Å². The lowest BCUT2D eigenvalue weighted by Crippen LogP contribution is -1.98. The maximum Gasteiger partial charge on any atom is 0.277 e. The average molecular weight is 370 g/mol. The third-order valence-corrected chi connectivity index (χ3v) is 5.03. The summed E-state index contributed by atoms with van der Waals surface area (Å²) in [5.74, 6) is 1.78. The van der Waals surface area contributed by atoms with E-state index >= 15 is 0 Å². The lowest BCUT2D eigenvalue weighted by atomic mass is 10.1. The molecule has 0 amide bonds. The van der Waals surface area contributed by atoms with Crippen molar-refractivity contribution in [3.8, 4) is 23.0 Å². The zero-order valence-electron chi connectivity index (χ0n) is 15.1. The summed E-state index contributed by atoms with van der Waals surface area (Å²) in [6.07, 6.45) is 2.08. The smallest absolute Gasteiger partial charge is 0.277 e. The second kappa shape index (κ2) is 8.76. The summed E-state index contributed by atoms with van der Waals surface area (Å²) in [6, 6.07) is 16.0. The Bertz CT molecular complexity index is 836. The first-order chi connectivity index (χ1) is 12.7. The van der Waals surface area contributed by atoms with Crippen LogP contribution in [0.15, 0.2) is 58.2 Å². The van der Waals surface area contributed by atoms with Crippen LogP contribution in [0, 0.1) is 0 Å². The molecule has 0 fully saturated rings. The fraction of sp³-hybridized carbons (Fsp3) is 0.300. The van der Waals surface area contributed by atoms with Gasteiger partial charge in [-0.1, -0.05) is 49.0 Å². The van der Waals surface area contributed by atoms with Crippen LogP contribution in [0.3, 0.4) is 0 Å². The number of thioether (sulfide) groups is 1. The van der Waals surface area contributed by atoms with Gasteiger partial charge in [0.2, 0.25) is 5.89 Å². The summed E-state index contributed by atoms with van der Waals surface area (Å²) in [5, 5.41) is 9.28. The normalized spacial score (nSPS) is 12.0. The first-order valence-corrected chi connectivity index (χ1v) is 9.34. The Labute approximate surface area is 157 Å². The third kappa shape index (κ3) is 4.58. The molecule has 0 spiro atoms. The Hall–Kier alpha value is -2.47. The molecule has 3 rings (SSSR count). The van der Waals surface area contributed by atoms with Crippen LogP contribution < -0.4 is 9.47 Å². The molecule has 1 atom stereocenters. The van der Waals surface area contributed by atoms with Crippen molar-refractivity contribution in [2.75, 3.05) is 14.2 Å². The van der Waals surface area contributed by atoms with Gasteiger partial charge in [-0.15, -0.1) is 10.2 Å². The number of nitrogens with zero attached hydrogens (tertiary/aromatic N) is 2. The van der Waals surface area contributed by atoms with Gasteiger partial charge in [-0.3, -0.25) is 0 Å². The van der Waals surface area contributed by atoms with Gasteiger partial charge in [0.1, 0.15) is 0 Å². The van der Waals surface area contributed by atoms with Gasteiger partial charge in [0, 0.05) is 10.8 Å². The zero-order chi connectivity index (χ0) is 18.4. The van der Waals surface area contributed by atoms with E-state index in [0.29, 0.717) is 27.9 Å². The molecule has 0 N–H and O–H groups in total. The van der Waals surface area contributed by atoms with Crippen LogP contribution in [0.2, 0.25) is 0 Å². The molecule has 1 aromatic heterocycles. The summed E-state index contributed by atoms with van der Waals surface area (Å²) in [4.78, 5) is 0. The minimum absolute atomic E-state index is 0.383. The molecular weight excluding hydrogens is 348 g/mol. The van der Waals surface area contributed by atoms with Crippen molar-refractivity contribution in [3.05, 3.63) is 54.1 Å². The molecule has 0 bridgehead atoms. The highest BCUT2D eigenvalue weighted by molar-refractivity contribution is 7.99. The van der Waals surface area contributed by atoms with Crippen LogP contribution in [0.4, 0.5) is 0 Å². The number of rotatable bonds is 8. The third-order valence-electron chi connectivity index (χ3n) is 4.02. The predicted molar refractivity (Wildman–Crippen MR) is 103 cm³/mol. The van der Waals surface area contributed by atoms with Gasteiger partial charge < -0.3 is 13.9 Å². The quantitative estimate of drug-likeness (QED) is 0.527. The summed E-state index contributed by atoms with van der Waals surface area (Å²) >= 11 is 1.60. The first-order valence-electron chi connectivity index (χ1n) is 8.46. The van der Waals surface area contributed by atoms with E-state index in [-0.39, 0.29) is 0 Å². The van der Waals surface area contributed by atoms with Crippen LogP contribution >= 0.6 is 11.8 Å². The minimum Gasteiger partial charge on any atom is -0.493 e. The number of hydrogen-bond donors (Lipinski definition) is 0. The lowest BCUT2D eigenvalue weighted by molar-refractivity contribution is 0.355. The molecule has 0 aliphatic rings. The van der Waals surface area contributed by atoms with E-state index in [4.69, 9.17) is 13.9 Å². The second-order valence-corrected chi connectivity index (χ2v) is 7.29. The molecule has 0 radical (unpaired) electrons. The fourth-order valence-corrected chi connectivity index (χ4v) is 3.38. The van der Waals surface area contributed by atoms with Gasteiger partial charge in [0.25, 0.3) is 5.22 Å². The summed E-state index contributed by atoms with van der Waals surface area (Å²) in [7, 11) is 3.21. The van der Waals surface area contributed by atoms with Crippen molar-refractivity contribution in [3.63, 3.8) is 0 Å². The van der Waals surface area contributed by atoms with E-state index in [0.717, 1.165) is 18.4 Å². The highest BCUT2D eigenvalue weighted by atomic mass is 32.2. The monoisotopic (exact) mass is 370 g/mol. The van der Waals surface area contributed by atoms with Crippen LogP contribution in [0.25, 0.3) is 11.5 Å². The van der Waals surface area contributed by atoms with Crippen molar-refractivity contribution in [1.82, 2.24) is 10.2 Å². The summed E-state index contributed by atoms with van der Waals surface area (Å²) in [5.41, 5.74) is 2.15. The van der Waals surface area contributed by atoms with Crippen molar-refractivity contribution < 1.29 is 13.9 Å². The molecule has 0 unspecified atom stereocenters. The molecule has 0 saturated heterocycles. The van der Waals surface area contributed by atoms with Gasteiger partial charge in [0.15, 0.2) is 11.5 Å².